The van der Waals surface area contributed by atoms with Gasteiger partial charge in [-0.1, -0.05) is 12.1 Å². The number of aryl methyl sites for hydroxylation is 1. The maximum absolute atomic E-state index is 14.4. The van der Waals surface area contributed by atoms with E-state index in [4.69, 9.17) is 0 Å². The summed E-state index contributed by atoms with van der Waals surface area (Å²) < 4.78 is 43.5. The zero-order valence-corrected chi connectivity index (χ0v) is 17.9. The molecule has 0 aliphatic rings. The second-order valence-corrected chi connectivity index (χ2v) is 7.67. The third-order valence-corrected chi connectivity index (χ3v) is 5.50. The van der Waals surface area contributed by atoms with E-state index in [0.717, 1.165) is 0 Å². The van der Waals surface area contributed by atoms with Gasteiger partial charge in [-0.05, 0) is 55.5 Å². The molecule has 0 bridgehead atoms. The number of imidazole rings is 1. The number of fused-ring (bicyclic) bond motifs is 1. The predicted octanol–water partition coefficient (Wildman–Crippen LogP) is 6.04. The van der Waals surface area contributed by atoms with Gasteiger partial charge in [-0.25, -0.2) is 18.2 Å². The number of anilines is 1. The number of rotatable bonds is 4. The summed E-state index contributed by atoms with van der Waals surface area (Å²) in [5, 5.41) is 2.73. The van der Waals surface area contributed by atoms with Gasteiger partial charge in [0.25, 0.3) is 5.91 Å². The Morgan fingerprint density at radius 2 is 1.65 bits per heavy atom. The van der Waals surface area contributed by atoms with Gasteiger partial charge >= 0.3 is 0 Å². The average Bonchev–Trinajstić information content (AvgIpc) is 3.25. The highest BCUT2D eigenvalue weighted by Gasteiger charge is 2.19. The monoisotopic (exact) mass is 458 g/mol. The number of amides is 1. The second-order valence-electron chi connectivity index (χ2n) is 7.67. The number of carbonyl (C=O) groups is 1. The summed E-state index contributed by atoms with van der Waals surface area (Å²) in [5.41, 5.74) is 2.98. The lowest BCUT2D eigenvalue weighted by Crippen LogP contribution is -2.14. The fourth-order valence-electron chi connectivity index (χ4n) is 3.80. The normalized spacial score (nSPS) is 11.1. The number of hydrogen-bond donors (Lipinski definition) is 1. The molecular formula is C26H17F3N4O. The van der Waals surface area contributed by atoms with E-state index in [0.29, 0.717) is 33.6 Å². The van der Waals surface area contributed by atoms with Gasteiger partial charge in [-0.2, -0.15) is 0 Å². The maximum Gasteiger partial charge on any atom is 0.257 e. The Morgan fingerprint density at radius 1 is 0.912 bits per heavy atom. The third-order valence-electron chi connectivity index (χ3n) is 5.50. The van der Waals surface area contributed by atoms with E-state index in [1.165, 1.54) is 48.7 Å². The van der Waals surface area contributed by atoms with Crippen LogP contribution in [0.2, 0.25) is 0 Å². The summed E-state index contributed by atoms with van der Waals surface area (Å²) in [7, 11) is 0. The van der Waals surface area contributed by atoms with Gasteiger partial charge in [0, 0.05) is 29.2 Å². The second kappa shape index (κ2) is 8.47. The number of halogens is 3. The predicted molar refractivity (Wildman–Crippen MR) is 123 cm³/mol. The summed E-state index contributed by atoms with van der Waals surface area (Å²) in [4.78, 5) is 21.5. The van der Waals surface area contributed by atoms with Crippen LogP contribution >= 0.6 is 0 Å². The van der Waals surface area contributed by atoms with Crippen molar-refractivity contribution in [2.24, 2.45) is 0 Å². The summed E-state index contributed by atoms with van der Waals surface area (Å²) in [6.45, 7) is 1.71. The molecule has 1 amide bonds. The Kier molecular flexibility index (Phi) is 5.33. The number of carbonyl (C=O) groups excluding carboxylic acids is 1. The molecule has 0 unspecified atom stereocenters. The van der Waals surface area contributed by atoms with Crippen LogP contribution in [-0.2, 0) is 0 Å². The van der Waals surface area contributed by atoms with Gasteiger partial charge in [0.05, 0.1) is 28.5 Å². The van der Waals surface area contributed by atoms with E-state index in [9.17, 15) is 18.0 Å². The Bertz CT molecular complexity index is 1520. The number of nitrogens with one attached hydrogen (secondary N) is 1. The molecule has 34 heavy (non-hydrogen) atoms. The van der Waals surface area contributed by atoms with Crippen LogP contribution in [0.25, 0.3) is 28.0 Å². The number of nitrogens with zero attached hydrogens (tertiary/aromatic N) is 3. The molecule has 5 nitrogen and oxygen atoms in total. The van der Waals surface area contributed by atoms with Gasteiger partial charge in [0.2, 0.25) is 0 Å². The Morgan fingerprint density at radius 3 is 2.38 bits per heavy atom. The van der Waals surface area contributed by atoms with Crippen molar-refractivity contribution in [3.05, 3.63) is 108 Å². The lowest BCUT2D eigenvalue weighted by molar-refractivity contribution is 0.102. The molecule has 3 heterocycles. The molecule has 5 aromatic rings. The molecule has 3 aromatic heterocycles. The Hall–Kier alpha value is -4.46. The summed E-state index contributed by atoms with van der Waals surface area (Å²) in [5.74, 6) is -2.10. The van der Waals surface area contributed by atoms with E-state index in [2.05, 4.69) is 15.3 Å². The van der Waals surface area contributed by atoms with E-state index < -0.39 is 23.4 Å². The Labute approximate surface area is 192 Å². The fourth-order valence-corrected chi connectivity index (χ4v) is 3.80. The molecule has 0 atom stereocenters. The van der Waals surface area contributed by atoms with Gasteiger partial charge < -0.3 is 5.32 Å². The average molecular weight is 458 g/mol. The van der Waals surface area contributed by atoms with Crippen molar-refractivity contribution in [1.29, 1.82) is 0 Å². The first-order chi connectivity index (χ1) is 16.4. The van der Waals surface area contributed by atoms with E-state index in [-0.39, 0.29) is 11.4 Å². The number of aromatic nitrogens is 3. The van der Waals surface area contributed by atoms with Crippen LogP contribution in [0.3, 0.4) is 0 Å². The first-order valence-corrected chi connectivity index (χ1v) is 10.4. The van der Waals surface area contributed by atoms with Gasteiger partial charge in [0.15, 0.2) is 0 Å². The molecule has 0 aliphatic heterocycles. The SMILES string of the molecule is Cc1ncc(-c2cccn3c(-c4c(F)cccc4F)ncc23)cc1C(=O)Nc1ccc(F)cc1. The van der Waals surface area contributed by atoms with Crippen molar-refractivity contribution in [2.75, 3.05) is 5.32 Å². The molecule has 8 heteroatoms. The highest BCUT2D eigenvalue weighted by Crippen LogP contribution is 2.31. The molecule has 0 radical (unpaired) electrons. The van der Waals surface area contributed by atoms with Crippen LogP contribution in [0.4, 0.5) is 18.9 Å². The van der Waals surface area contributed by atoms with Crippen molar-refractivity contribution < 1.29 is 18.0 Å². The number of benzene rings is 2. The van der Waals surface area contributed by atoms with Crippen LogP contribution in [0.1, 0.15) is 16.1 Å². The molecule has 2 aromatic carbocycles. The summed E-state index contributed by atoms with van der Waals surface area (Å²) in [6, 6.07) is 14.3. The molecular weight excluding hydrogens is 441 g/mol. The molecule has 168 valence electrons. The largest absolute Gasteiger partial charge is 0.322 e. The zero-order chi connectivity index (χ0) is 23.8. The lowest BCUT2D eigenvalue weighted by atomic mass is 10.0. The maximum atomic E-state index is 14.4. The van der Waals surface area contributed by atoms with Crippen molar-refractivity contribution in [2.45, 2.75) is 6.92 Å². The number of pyridine rings is 2. The van der Waals surface area contributed by atoms with Gasteiger partial charge in [-0.15, -0.1) is 0 Å². The molecule has 0 spiro atoms. The molecule has 0 saturated carbocycles. The minimum absolute atomic E-state index is 0.127. The first kappa shape index (κ1) is 21.4. The summed E-state index contributed by atoms with van der Waals surface area (Å²) >= 11 is 0. The smallest absolute Gasteiger partial charge is 0.257 e. The van der Waals surface area contributed by atoms with Crippen LogP contribution in [0, 0.1) is 24.4 Å². The molecule has 0 fully saturated rings. The van der Waals surface area contributed by atoms with Gasteiger partial charge in [0.1, 0.15) is 23.3 Å². The Balaban J connectivity index is 1.56. The highest BCUT2D eigenvalue weighted by molar-refractivity contribution is 6.05. The van der Waals surface area contributed by atoms with Crippen molar-refractivity contribution in [3.8, 4) is 22.5 Å². The van der Waals surface area contributed by atoms with Gasteiger partial charge in [-0.3, -0.25) is 14.2 Å². The van der Waals surface area contributed by atoms with Crippen LogP contribution < -0.4 is 5.32 Å². The van der Waals surface area contributed by atoms with Crippen LogP contribution in [-0.4, -0.2) is 20.3 Å². The van der Waals surface area contributed by atoms with Crippen LogP contribution in [0.15, 0.2) is 79.3 Å². The van der Waals surface area contributed by atoms with E-state index in [1.54, 1.807) is 35.9 Å². The quantitative estimate of drug-likeness (QED) is 0.357. The minimum Gasteiger partial charge on any atom is -0.322 e. The lowest BCUT2D eigenvalue weighted by Gasteiger charge is -2.11. The number of hydrogen-bond acceptors (Lipinski definition) is 3. The fraction of sp³-hybridized carbons (Fsp3) is 0.0385. The first-order valence-electron chi connectivity index (χ1n) is 10.4. The van der Waals surface area contributed by atoms with E-state index >= 15 is 0 Å². The zero-order valence-electron chi connectivity index (χ0n) is 17.9. The van der Waals surface area contributed by atoms with Crippen molar-refractivity contribution >= 4 is 17.1 Å². The van der Waals surface area contributed by atoms with E-state index in [1.807, 2.05) is 6.07 Å². The topological polar surface area (TPSA) is 59.3 Å². The highest BCUT2D eigenvalue weighted by atomic mass is 19.1. The van der Waals surface area contributed by atoms with Crippen LogP contribution in [0.5, 0.6) is 0 Å². The molecule has 5 rings (SSSR count). The molecule has 0 aliphatic carbocycles. The van der Waals surface area contributed by atoms with Crippen molar-refractivity contribution in [3.63, 3.8) is 0 Å². The molecule has 0 saturated heterocycles. The molecule has 1 N–H and O–H groups in total. The minimum atomic E-state index is -0.713. The van der Waals surface area contributed by atoms with Crippen molar-refractivity contribution in [1.82, 2.24) is 14.4 Å². The standard InChI is InChI=1S/C26H17F3N4O/c1-15-20(26(34)32-18-9-7-17(27)8-10-18)12-16(13-30-15)19-4-3-11-33-23(19)14-31-25(33)24-21(28)5-2-6-22(24)29/h2-14H,1H3,(H,32,34). The summed E-state index contributed by atoms with van der Waals surface area (Å²) in [6.07, 6.45) is 4.81. The third kappa shape index (κ3) is 3.79.